The van der Waals surface area contributed by atoms with Crippen LogP contribution in [0.15, 0.2) is 167 Å². The monoisotopic (exact) mass is 1020 g/mol. The highest BCUT2D eigenvalue weighted by atomic mass is 16.3. The fourth-order valence-electron chi connectivity index (χ4n) is 11.8. The number of allylic oxidation sites excluding steroid dienone is 8. The second-order valence-electron chi connectivity index (χ2n) is 22.4. The summed E-state index contributed by atoms with van der Waals surface area (Å²) < 4.78 is 7.20. The highest BCUT2D eigenvalue weighted by Gasteiger charge is 2.30. The van der Waals surface area contributed by atoms with Gasteiger partial charge in [0.2, 0.25) is 0 Å². The van der Waals surface area contributed by atoms with E-state index in [2.05, 4.69) is 238 Å². The van der Waals surface area contributed by atoms with Crippen LogP contribution in [-0.2, 0) is 5.41 Å². The zero-order chi connectivity index (χ0) is 55.3. The molecule has 0 spiro atoms. The van der Waals surface area contributed by atoms with Crippen LogP contribution >= 0.6 is 0 Å². The van der Waals surface area contributed by atoms with Crippen LogP contribution < -0.4 is 15.0 Å². The predicted molar refractivity (Wildman–Crippen MR) is 338 cm³/mol. The molecule has 0 saturated heterocycles. The van der Waals surface area contributed by atoms with Gasteiger partial charge in [-0.3, -0.25) is 0 Å². The van der Waals surface area contributed by atoms with Crippen LogP contribution in [0.2, 0.25) is 0 Å². The molecule has 1 aromatic heterocycles. The molecule has 7 aromatic carbocycles. The van der Waals surface area contributed by atoms with E-state index in [0.29, 0.717) is 12.3 Å². The van der Waals surface area contributed by atoms with Gasteiger partial charge in [-0.05, 0) is 163 Å². The molecule has 2 aliphatic rings. The maximum atomic E-state index is 12.7. The second-order valence-corrected chi connectivity index (χ2v) is 22.4. The van der Waals surface area contributed by atoms with Gasteiger partial charge in [0.05, 0.1) is 17.9 Å². The van der Waals surface area contributed by atoms with Crippen LogP contribution in [0.1, 0.15) is 148 Å². The van der Waals surface area contributed by atoms with E-state index < -0.39 is 0 Å². The van der Waals surface area contributed by atoms with Crippen molar-refractivity contribution in [3.05, 3.63) is 201 Å². The van der Waals surface area contributed by atoms with Gasteiger partial charge in [0.1, 0.15) is 11.3 Å². The zero-order valence-electron chi connectivity index (χ0n) is 49.2. The van der Waals surface area contributed by atoms with E-state index >= 15 is 0 Å². The number of aliphatic hydroxyl groups is 1. The number of furan rings is 1. The number of aliphatic hydroxyl groups excluding tert-OH is 1. The molecule has 4 nitrogen and oxygen atoms in total. The van der Waals surface area contributed by atoms with E-state index in [1.165, 1.54) is 60.3 Å². The molecule has 0 saturated carbocycles. The van der Waals surface area contributed by atoms with Crippen molar-refractivity contribution >= 4 is 78.0 Å². The summed E-state index contributed by atoms with van der Waals surface area (Å²) in [5.41, 5.74) is 17.0. The fraction of sp³-hybridized carbons (Fsp3) is 0.342. The van der Waals surface area contributed by atoms with Gasteiger partial charge in [-0.25, -0.2) is 0 Å². The summed E-state index contributed by atoms with van der Waals surface area (Å²) in [6, 6.07) is 40.8. The van der Waals surface area contributed by atoms with E-state index in [-0.39, 0.29) is 16.7 Å². The van der Waals surface area contributed by atoms with Crippen molar-refractivity contribution in [3.63, 3.8) is 0 Å². The van der Waals surface area contributed by atoms with Crippen molar-refractivity contribution in [1.29, 1.82) is 0 Å². The highest BCUT2D eigenvalue weighted by Crippen LogP contribution is 2.48. The first-order valence-electron chi connectivity index (χ1n) is 28.9. The van der Waals surface area contributed by atoms with Gasteiger partial charge in [0.15, 0.2) is 5.58 Å². The summed E-state index contributed by atoms with van der Waals surface area (Å²) >= 11 is 0. The Morgan fingerprint density at radius 2 is 1.30 bits per heavy atom. The molecule has 10 rings (SSSR count). The van der Waals surface area contributed by atoms with Crippen molar-refractivity contribution < 1.29 is 9.52 Å². The number of hydrogen-bond donors (Lipinski definition) is 1. The molecule has 1 unspecified atom stereocenters. The lowest BCUT2D eigenvalue weighted by Gasteiger charge is -2.31. The normalized spacial score (nSPS) is 15.0. The number of nitrogens with zero attached hydrogens (tertiary/aromatic N) is 2. The number of rotatable bonds is 14. The quantitative estimate of drug-likeness (QED) is 0.0870. The minimum absolute atomic E-state index is 0.0538. The van der Waals surface area contributed by atoms with Gasteiger partial charge in [0, 0.05) is 50.3 Å². The molecule has 1 atom stereocenters. The fourth-order valence-corrected chi connectivity index (χ4v) is 11.8. The summed E-state index contributed by atoms with van der Waals surface area (Å²) in [6.45, 7) is 33.1. The summed E-state index contributed by atoms with van der Waals surface area (Å²) in [4.78, 5) is 4.82. The molecule has 0 amide bonds. The van der Waals surface area contributed by atoms with Crippen molar-refractivity contribution in [2.75, 3.05) is 16.3 Å². The van der Waals surface area contributed by atoms with Gasteiger partial charge >= 0.3 is 0 Å². The number of hydrogen-bond acceptors (Lipinski definition) is 4. The Kier molecular flexibility index (Phi) is 17.3. The Bertz CT molecular complexity index is 3620. The van der Waals surface area contributed by atoms with E-state index in [1.54, 1.807) is 0 Å². The lowest BCUT2D eigenvalue weighted by Crippen LogP contribution is -2.23. The van der Waals surface area contributed by atoms with Crippen molar-refractivity contribution in [2.45, 2.75) is 148 Å². The molecule has 8 aromatic rings. The van der Waals surface area contributed by atoms with Crippen molar-refractivity contribution in [1.82, 2.24) is 0 Å². The number of para-hydroxylation sites is 2. The van der Waals surface area contributed by atoms with Gasteiger partial charge in [-0.15, -0.1) is 0 Å². The van der Waals surface area contributed by atoms with Gasteiger partial charge in [-0.2, -0.15) is 0 Å². The number of aryl methyl sites for hydroxylation is 4. The molecule has 0 aliphatic heterocycles. The van der Waals surface area contributed by atoms with Crippen molar-refractivity contribution in [3.8, 4) is 0 Å². The largest absolute Gasteiger partial charge is 0.510 e. The molecule has 77 heavy (non-hydrogen) atoms. The minimum atomic E-state index is -0.0538. The minimum Gasteiger partial charge on any atom is -0.510 e. The standard InChI is InChI=1S/C69H74N2O2.2C2H6/c1-12-15-23-54(48-20-16-22-51(33-29-48)68(8,9)13-2)63(72)43-70(52-39-44(4)37-45(5)40-52)60-36-32-50-31-35-58-61(27-17-21-49-30-34-57(60)65(50)64(49)58)71(53-41-46(6)38-47(7)42-53)62-28-19-25-56-55-24-18-26-59(69(10,11)14-3)66(55)73-67(56)62;2*1-2/h15-16,18-28,30-32,34-42,48,72H,12-14,17,29,33,43H2,1-11H3;2*1-2H3/b23-15-,63-54-;;. The molecule has 4 heteroatoms. The van der Waals surface area contributed by atoms with Gasteiger partial charge < -0.3 is 19.3 Å². The van der Waals surface area contributed by atoms with E-state index in [0.717, 1.165) is 99.9 Å². The zero-order valence-corrected chi connectivity index (χ0v) is 49.2. The van der Waals surface area contributed by atoms with E-state index in [4.69, 9.17) is 4.42 Å². The molecule has 1 N–H and O–H groups in total. The first-order valence-corrected chi connectivity index (χ1v) is 28.9. The summed E-state index contributed by atoms with van der Waals surface area (Å²) in [5.74, 6) is 0.486. The lowest BCUT2D eigenvalue weighted by molar-refractivity contribution is 0.385. The Morgan fingerprint density at radius 1 is 0.662 bits per heavy atom. The van der Waals surface area contributed by atoms with E-state index in [9.17, 15) is 5.11 Å². The Morgan fingerprint density at radius 3 is 1.96 bits per heavy atom. The molecule has 0 fully saturated rings. The number of anilines is 4. The van der Waals surface area contributed by atoms with Crippen LogP contribution in [0.5, 0.6) is 0 Å². The van der Waals surface area contributed by atoms with Crippen LogP contribution in [-0.4, -0.2) is 11.7 Å². The second kappa shape index (κ2) is 23.7. The molecule has 2 aliphatic carbocycles. The maximum Gasteiger partial charge on any atom is 0.159 e. The smallest absolute Gasteiger partial charge is 0.159 e. The lowest BCUT2D eigenvalue weighted by atomic mass is 9.78. The molecule has 0 bridgehead atoms. The van der Waals surface area contributed by atoms with Crippen molar-refractivity contribution in [2.24, 2.45) is 11.3 Å². The SMILES string of the molecule is CC.CC.CC/C=C\C(=C(\O)CN(c1cc(C)cc(C)c1)c1ccc2ccc3c4c(ccc1c24)=CCC=C3N(c1cc(C)cc(C)c1)c1cccc2c1oc1c(C(C)(C)CC)cccc12)C1C=CC=C(C(C)(C)CC)CC1. The molecule has 1 heterocycles. The van der Waals surface area contributed by atoms with Gasteiger partial charge in [0.25, 0.3) is 0 Å². The summed E-state index contributed by atoms with van der Waals surface area (Å²) in [5, 5.41) is 21.0. The average Bonchev–Trinajstić information content (AvgIpc) is 3.64. The van der Waals surface area contributed by atoms with Gasteiger partial charge in [-0.1, -0.05) is 197 Å². The number of fused-ring (bicyclic) bond motifs is 3. The third kappa shape index (κ3) is 11.1. The molecular formula is C73H86N2O2. The number of benzene rings is 7. The van der Waals surface area contributed by atoms with Crippen LogP contribution in [0, 0.1) is 39.0 Å². The Labute approximate surface area is 461 Å². The molecule has 400 valence electrons. The van der Waals surface area contributed by atoms with E-state index in [1.807, 2.05) is 27.7 Å². The Balaban J connectivity index is 0.00000192. The third-order valence-corrected chi connectivity index (χ3v) is 16.4. The molecule has 0 radical (unpaired) electrons. The highest BCUT2D eigenvalue weighted by molar-refractivity contribution is 6.20. The first-order chi connectivity index (χ1) is 37.1. The van der Waals surface area contributed by atoms with Crippen LogP contribution in [0.25, 0.3) is 55.3 Å². The third-order valence-electron chi connectivity index (χ3n) is 16.4. The first kappa shape index (κ1) is 56.2. The van der Waals surface area contributed by atoms with Crippen LogP contribution in [0.3, 0.4) is 0 Å². The average molecular weight is 1020 g/mol. The summed E-state index contributed by atoms with van der Waals surface area (Å²) in [7, 11) is 0. The topological polar surface area (TPSA) is 39.9 Å². The Hall–Kier alpha value is -7.04. The molecular weight excluding hydrogens is 937 g/mol. The summed E-state index contributed by atoms with van der Waals surface area (Å²) in [6.07, 6.45) is 21.8. The maximum absolute atomic E-state index is 12.7. The predicted octanol–water partition coefficient (Wildman–Crippen LogP) is 21.2. The van der Waals surface area contributed by atoms with Crippen LogP contribution in [0.4, 0.5) is 22.7 Å².